The Bertz CT molecular complexity index is 536. The van der Waals surface area contributed by atoms with Gasteiger partial charge in [-0.1, -0.05) is 24.9 Å². The Kier molecular flexibility index (Phi) is 5.05. The highest BCUT2D eigenvalue weighted by Crippen LogP contribution is 2.30. The molecule has 1 aromatic carbocycles. The zero-order chi connectivity index (χ0) is 14.7. The third kappa shape index (κ3) is 3.33. The Labute approximate surface area is 131 Å². The lowest BCUT2D eigenvalue weighted by Gasteiger charge is -2.25. The van der Waals surface area contributed by atoms with Crippen LogP contribution in [0.1, 0.15) is 26.2 Å². The molecule has 1 aliphatic heterocycles. The molecule has 1 aliphatic rings. The second-order valence-electron chi connectivity index (χ2n) is 4.74. The van der Waals surface area contributed by atoms with Crippen LogP contribution in [-0.4, -0.2) is 24.4 Å². The molecular weight excluding hydrogens is 344 g/mol. The molecule has 6 heteroatoms. The Morgan fingerprint density at radius 1 is 1.45 bits per heavy atom. The molecule has 2 rings (SSSR count). The minimum Gasteiger partial charge on any atom is -0.344 e. The highest BCUT2D eigenvalue weighted by molar-refractivity contribution is 9.10. The van der Waals surface area contributed by atoms with Gasteiger partial charge in [0.1, 0.15) is 6.04 Å². The predicted octanol–water partition coefficient (Wildman–Crippen LogP) is 3.12. The first-order chi connectivity index (χ1) is 9.52. The first-order valence-corrected chi connectivity index (χ1v) is 7.75. The molecule has 0 bridgehead atoms. The van der Waals surface area contributed by atoms with Crippen molar-refractivity contribution in [2.24, 2.45) is 0 Å². The van der Waals surface area contributed by atoms with E-state index in [1.807, 2.05) is 6.92 Å². The zero-order valence-electron chi connectivity index (χ0n) is 11.2. The van der Waals surface area contributed by atoms with Gasteiger partial charge in [0.15, 0.2) is 0 Å². The SMILES string of the molecule is CCCC1NC(=O)CCN(c2cc(Cl)ccc2Br)C1=O. The van der Waals surface area contributed by atoms with Crippen LogP contribution in [-0.2, 0) is 9.59 Å². The molecule has 4 nitrogen and oxygen atoms in total. The lowest BCUT2D eigenvalue weighted by molar-refractivity contribution is -0.125. The molecule has 1 N–H and O–H groups in total. The maximum Gasteiger partial charge on any atom is 0.249 e. The molecule has 108 valence electrons. The van der Waals surface area contributed by atoms with Gasteiger partial charge in [0.25, 0.3) is 0 Å². The van der Waals surface area contributed by atoms with Gasteiger partial charge in [-0.3, -0.25) is 9.59 Å². The van der Waals surface area contributed by atoms with E-state index in [0.29, 0.717) is 30.1 Å². The monoisotopic (exact) mass is 358 g/mol. The maximum absolute atomic E-state index is 12.6. The summed E-state index contributed by atoms with van der Waals surface area (Å²) < 4.78 is 0.792. The largest absolute Gasteiger partial charge is 0.344 e. The normalized spacial score (nSPS) is 19.8. The highest BCUT2D eigenvalue weighted by atomic mass is 79.9. The predicted molar refractivity (Wildman–Crippen MR) is 83.0 cm³/mol. The number of halogens is 2. The molecule has 20 heavy (non-hydrogen) atoms. The molecule has 1 aromatic rings. The molecule has 0 aliphatic carbocycles. The quantitative estimate of drug-likeness (QED) is 0.901. The number of amides is 2. The van der Waals surface area contributed by atoms with Crippen molar-refractivity contribution in [3.8, 4) is 0 Å². The number of nitrogens with one attached hydrogen (secondary N) is 1. The summed E-state index contributed by atoms with van der Waals surface area (Å²) in [5.74, 6) is -0.168. The van der Waals surface area contributed by atoms with Crippen LogP contribution in [0.4, 0.5) is 5.69 Å². The number of anilines is 1. The molecule has 0 radical (unpaired) electrons. The second kappa shape index (κ2) is 6.59. The number of carbonyl (C=O) groups is 2. The Hall–Kier alpha value is -1.07. The topological polar surface area (TPSA) is 49.4 Å². The van der Waals surface area contributed by atoms with Crippen LogP contribution in [0.3, 0.4) is 0 Å². The van der Waals surface area contributed by atoms with Gasteiger partial charge in [0, 0.05) is 22.5 Å². The van der Waals surface area contributed by atoms with Crippen molar-refractivity contribution < 1.29 is 9.59 Å². The van der Waals surface area contributed by atoms with Crippen molar-refractivity contribution in [3.63, 3.8) is 0 Å². The van der Waals surface area contributed by atoms with E-state index in [1.54, 1.807) is 23.1 Å². The summed E-state index contributed by atoms with van der Waals surface area (Å²) in [6, 6.07) is 4.84. The maximum atomic E-state index is 12.6. The van der Waals surface area contributed by atoms with Gasteiger partial charge < -0.3 is 10.2 Å². The minimum atomic E-state index is -0.458. The standard InChI is InChI=1S/C14H16BrClN2O2/c1-2-3-11-14(20)18(7-6-13(19)17-11)12-8-9(16)4-5-10(12)15/h4-5,8,11H,2-3,6-7H2,1H3,(H,17,19). The molecule has 1 fully saturated rings. The number of rotatable bonds is 3. The van der Waals surface area contributed by atoms with Crippen molar-refractivity contribution in [2.45, 2.75) is 32.2 Å². The van der Waals surface area contributed by atoms with Crippen molar-refractivity contribution >= 4 is 45.0 Å². The summed E-state index contributed by atoms with van der Waals surface area (Å²) in [7, 11) is 0. The fraction of sp³-hybridized carbons (Fsp3) is 0.429. The average Bonchev–Trinajstić information content (AvgIpc) is 2.54. The molecule has 1 unspecified atom stereocenters. The van der Waals surface area contributed by atoms with E-state index in [0.717, 1.165) is 10.9 Å². The molecule has 0 saturated carbocycles. The van der Waals surface area contributed by atoms with Gasteiger partial charge in [-0.25, -0.2) is 0 Å². The highest BCUT2D eigenvalue weighted by Gasteiger charge is 2.30. The molecule has 0 spiro atoms. The van der Waals surface area contributed by atoms with Crippen molar-refractivity contribution in [1.82, 2.24) is 5.32 Å². The summed E-state index contributed by atoms with van der Waals surface area (Å²) in [5.41, 5.74) is 0.708. The summed E-state index contributed by atoms with van der Waals surface area (Å²) in [6.07, 6.45) is 1.77. The van der Waals surface area contributed by atoms with Crippen LogP contribution in [0, 0.1) is 0 Å². The number of benzene rings is 1. The minimum absolute atomic E-state index is 0.0827. The first kappa shape index (κ1) is 15.3. The van der Waals surface area contributed by atoms with Gasteiger partial charge >= 0.3 is 0 Å². The Morgan fingerprint density at radius 3 is 2.90 bits per heavy atom. The van der Waals surface area contributed by atoms with Crippen LogP contribution < -0.4 is 10.2 Å². The Balaban J connectivity index is 2.35. The molecule has 2 amide bonds. The first-order valence-electron chi connectivity index (χ1n) is 6.58. The summed E-state index contributed by atoms with van der Waals surface area (Å²) in [5, 5.41) is 3.35. The van der Waals surface area contributed by atoms with E-state index in [9.17, 15) is 9.59 Å². The molecular formula is C14H16BrClN2O2. The third-order valence-corrected chi connectivity index (χ3v) is 4.14. The third-order valence-electron chi connectivity index (χ3n) is 3.24. The smallest absolute Gasteiger partial charge is 0.249 e. The van der Waals surface area contributed by atoms with E-state index in [4.69, 9.17) is 11.6 Å². The van der Waals surface area contributed by atoms with E-state index >= 15 is 0 Å². The van der Waals surface area contributed by atoms with Gasteiger partial charge in [0.05, 0.1) is 5.69 Å². The Morgan fingerprint density at radius 2 is 2.20 bits per heavy atom. The van der Waals surface area contributed by atoms with Gasteiger partial charge in [-0.2, -0.15) is 0 Å². The van der Waals surface area contributed by atoms with E-state index in [1.165, 1.54) is 0 Å². The van der Waals surface area contributed by atoms with E-state index < -0.39 is 6.04 Å². The molecule has 0 aromatic heterocycles. The van der Waals surface area contributed by atoms with Gasteiger partial charge in [0.2, 0.25) is 11.8 Å². The fourth-order valence-electron chi connectivity index (χ4n) is 2.26. The number of hydrogen-bond acceptors (Lipinski definition) is 2. The molecule has 1 heterocycles. The molecule has 1 saturated heterocycles. The summed E-state index contributed by atoms with van der Waals surface area (Å²) >= 11 is 9.44. The second-order valence-corrected chi connectivity index (χ2v) is 6.04. The summed E-state index contributed by atoms with van der Waals surface area (Å²) in [4.78, 5) is 25.9. The van der Waals surface area contributed by atoms with Crippen LogP contribution >= 0.6 is 27.5 Å². The lowest BCUT2D eigenvalue weighted by Crippen LogP contribution is -2.44. The lowest BCUT2D eigenvalue weighted by atomic mass is 10.1. The van der Waals surface area contributed by atoms with E-state index in [-0.39, 0.29) is 11.8 Å². The number of hydrogen-bond donors (Lipinski definition) is 1. The van der Waals surface area contributed by atoms with Crippen molar-refractivity contribution in [3.05, 3.63) is 27.7 Å². The van der Waals surface area contributed by atoms with Crippen LogP contribution in [0.5, 0.6) is 0 Å². The van der Waals surface area contributed by atoms with Crippen LogP contribution in [0.25, 0.3) is 0 Å². The average molecular weight is 360 g/mol. The van der Waals surface area contributed by atoms with Crippen molar-refractivity contribution in [2.75, 3.05) is 11.4 Å². The number of carbonyl (C=O) groups excluding carboxylic acids is 2. The van der Waals surface area contributed by atoms with E-state index in [2.05, 4.69) is 21.2 Å². The van der Waals surface area contributed by atoms with Gasteiger partial charge in [-0.15, -0.1) is 0 Å². The number of nitrogens with zero attached hydrogens (tertiary/aromatic N) is 1. The van der Waals surface area contributed by atoms with Crippen LogP contribution in [0.2, 0.25) is 5.02 Å². The van der Waals surface area contributed by atoms with Crippen LogP contribution in [0.15, 0.2) is 22.7 Å². The molecule has 1 atom stereocenters. The summed E-state index contributed by atoms with van der Waals surface area (Å²) in [6.45, 7) is 2.35. The van der Waals surface area contributed by atoms with Crippen molar-refractivity contribution in [1.29, 1.82) is 0 Å². The van der Waals surface area contributed by atoms with Gasteiger partial charge in [-0.05, 0) is 40.5 Å². The fourth-order valence-corrected chi connectivity index (χ4v) is 2.88. The zero-order valence-corrected chi connectivity index (χ0v) is 13.5.